The first-order valence-corrected chi connectivity index (χ1v) is 3.32. The molecule has 0 fully saturated rings. The fraction of sp³-hybridized carbons (Fsp3) is 0.167. The van der Waals surface area contributed by atoms with Crippen molar-refractivity contribution in [1.29, 1.82) is 0 Å². The molecule has 0 saturated heterocycles. The number of nitro groups is 1. The summed E-state index contributed by atoms with van der Waals surface area (Å²) in [6.07, 6.45) is -3.15. The van der Waals surface area contributed by atoms with Gasteiger partial charge in [-0.15, -0.1) is 0 Å². The molecule has 0 aliphatic heterocycles. The highest BCUT2D eigenvalue weighted by Crippen LogP contribution is 2.28. The Bertz CT molecular complexity index is 360. The Labute approximate surface area is 75.5 Å². The lowest BCUT2D eigenvalue weighted by atomic mass is 10.2. The zero-order valence-electron chi connectivity index (χ0n) is 6.58. The summed E-state index contributed by atoms with van der Waals surface area (Å²) >= 11 is 0. The van der Waals surface area contributed by atoms with E-state index in [9.17, 15) is 23.3 Å². The van der Waals surface area contributed by atoms with E-state index in [1.165, 1.54) is 0 Å². The summed E-state index contributed by atoms with van der Waals surface area (Å²) in [6, 6.07) is 0.588. The Kier molecular flexibility index (Phi) is 2.54. The number of halogens is 3. The van der Waals surface area contributed by atoms with E-state index in [0.717, 1.165) is 0 Å². The van der Waals surface area contributed by atoms with E-state index in [1.807, 2.05) is 0 Å². The topological polar surface area (TPSA) is 82.0 Å². The quantitative estimate of drug-likeness (QED) is 0.454. The predicted molar refractivity (Wildman–Crippen MR) is 40.2 cm³/mol. The van der Waals surface area contributed by atoms with Gasteiger partial charge in [0, 0.05) is 0 Å². The molecule has 0 spiro atoms. The average Bonchev–Trinajstić information content (AvgIpc) is 2.01. The number of nitrogens with two attached hydrogens (primary N) is 1. The minimum atomic E-state index is -3.15. The smallest absolute Gasteiger partial charge is 0.368 e. The first-order valence-electron chi connectivity index (χ1n) is 3.32. The third-order valence-corrected chi connectivity index (χ3v) is 1.44. The lowest BCUT2D eigenvalue weighted by Gasteiger charge is -2.02. The van der Waals surface area contributed by atoms with Crippen molar-refractivity contribution in [3.63, 3.8) is 0 Å². The summed E-state index contributed by atoms with van der Waals surface area (Å²) in [7, 11) is 0. The van der Waals surface area contributed by atoms with Gasteiger partial charge in [-0.05, 0) is 9.91 Å². The first-order chi connectivity index (χ1) is 6.43. The second-order valence-electron chi connectivity index (χ2n) is 2.33. The van der Waals surface area contributed by atoms with E-state index >= 15 is 0 Å². The van der Waals surface area contributed by atoms with Crippen LogP contribution in [-0.4, -0.2) is 9.91 Å². The first kappa shape index (κ1) is 10.2. The summed E-state index contributed by atoms with van der Waals surface area (Å²) in [4.78, 5) is 11.8. The van der Waals surface area contributed by atoms with Crippen molar-refractivity contribution in [2.45, 2.75) is 6.43 Å². The van der Waals surface area contributed by atoms with Gasteiger partial charge in [0.15, 0.2) is 0 Å². The molecule has 14 heavy (non-hydrogen) atoms. The van der Waals surface area contributed by atoms with Crippen molar-refractivity contribution in [3.05, 3.63) is 27.7 Å². The van der Waals surface area contributed by atoms with Crippen LogP contribution in [0.5, 0.6) is 0 Å². The van der Waals surface area contributed by atoms with Crippen molar-refractivity contribution in [1.82, 2.24) is 4.98 Å². The number of rotatable bonds is 2. The highest BCUT2D eigenvalue weighted by Gasteiger charge is 2.25. The number of nitrogen functional groups attached to an aromatic ring is 1. The summed E-state index contributed by atoms with van der Waals surface area (Å²) in [5, 5.41) is 10.1. The maximum atomic E-state index is 12.7. The number of aromatic nitrogens is 1. The minimum Gasteiger partial charge on any atom is -0.398 e. The van der Waals surface area contributed by atoms with Crippen molar-refractivity contribution in [3.8, 4) is 0 Å². The molecule has 8 heteroatoms. The Morgan fingerprint density at radius 1 is 1.57 bits per heavy atom. The van der Waals surface area contributed by atoms with Crippen LogP contribution in [-0.2, 0) is 0 Å². The molecule has 1 aromatic rings. The maximum Gasteiger partial charge on any atom is 0.368 e. The molecule has 0 aliphatic carbocycles. The molecule has 0 bridgehead atoms. The van der Waals surface area contributed by atoms with Crippen LogP contribution < -0.4 is 5.73 Å². The van der Waals surface area contributed by atoms with Crippen LogP contribution in [0.25, 0.3) is 0 Å². The summed E-state index contributed by atoms with van der Waals surface area (Å²) < 4.78 is 36.9. The third-order valence-electron chi connectivity index (χ3n) is 1.44. The molecule has 0 aliphatic rings. The number of pyridine rings is 1. The number of hydrogen-bond acceptors (Lipinski definition) is 4. The molecule has 1 heterocycles. The van der Waals surface area contributed by atoms with Gasteiger partial charge in [0.25, 0.3) is 6.43 Å². The molecule has 2 N–H and O–H groups in total. The molecule has 0 unspecified atom stereocenters. The molecule has 1 rings (SSSR count). The van der Waals surface area contributed by atoms with E-state index in [0.29, 0.717) is 6.07 Å². The van der Waals surface area contributed by atoms with E-state index in [2.05, 4.69) is 4.98 Å². The van der Waals surface area contributed by atoms with Crippen molar-refractivity contribution in [2.24, 2.45) is 0 Å². The van der Waals surface area contributed by atoms with Crippen molar-refractivity contribution in [2.75, 3.05) is 5.73 Å². The maximum absolute atomic E-state index is 12.7. The average molecular weight is 207 g/mol. The van der Waals surface area contributed by atoms with Gasteiger partial charge in [-0.25, -0.2) is 8.78 Å². The van der Waals surface area contributed by atoms with Gasteiger partial charge in [-0.1, -0.05) is 0 Å². The van der Waals surface area contributed by atoms with Crippen LogP contribution >= 0.6 is 0 Å². The number of nitrogens with zero attached hydrogens (tertiary/aromatic N) is 2. The molecule has 0 atom stereocenters. The van der Waals surface area contributed by atoms with Crippen LogP contribution in [0.4, 0.5) is 24.7 Å². The zero-order chi connectivity index (χ0) is 10.9. The second-order valence-corrected chi connectivity index (χ2v) is 2.33. The Hall–Kier alpha value is -1.86. The predicted octanol–water partition coefficient (Wildman–Crippen LogP) is 1.65. The molecule has 76 valence electrons. The Morgan fingerprint density at radius 3 is 2.50 bits per heavy atom. The molecule has 0 aromatic carbocycles. The van der Waals surface area contributed by atoms with Crippen LogP contribution in [0, 0.1) is 16.1 Å². The largest absolute Gasteiger partial charge is 0.398 e. The number of anilines is 1. The summed E-state index contributed by atoms with van der Waals surface area (Å²) in [6.45, 7) is 0. The molecule has 0 radical (unpaired) electrons. The van der Waals surface area contributed by atoms with Gasteiger partial charge < -0.3 is 15.8 Å². The fourth-order valence-corrected chi connectivity index (χ4v) is 0.839. The van der Waals surface area contributed by atoms with E-state index in [1.54, 1.807) is 0 Å². The van der Waals surface area contributed by atoms with Gasteiger partial charge in [-0.3, -0.25) is 0 Å². The molecule has 5 nitrogen and oxygen atoms in total. The molecular weight excluding hydrogens is 203 g/mol. The van der Waals surface area contributed by atoms with E-state index in [4.69, 9.17) is 5.73 Å². The highest BCUT2D eigenvalue weighted by atomic mass is 19.3. The number of alkyl halides is 2. The third kappa shape index (κ3) is 1.73. The zero-order valence-corrected chi connectivity index (χ0v) is 6.58. The SMILES string of the molecule is Nc1cc([N+](=O)[O-])nc(F)c1C(F)F. The van der Waals surface area contributed by atoms with Crippen LogP contribution in [0.15, 0.2) is 6.07 Å². The standard InChI is InChI=1S/C6H4F3N3O2/c7-5(8)4-2(10)1-3(12(13)14)11-6(4)9/h1,5H,(H2,10,11). The normalized spacial score (nSPS) is 10.6. The molecule has 0 saturated carbocycles. The Balaban J connectivity index is 3.32. The molecular formula is C6H4F3N3O2. The molecule has 0 amide bonds. The summed E-state index contributed by atoms with van der Waals surface area (Å²) in [5.74, 6) is -2.52. The van der Waals surface area contributed by atoms with Gasteiger partial charge in [-0.2, -0.15) is 4.39 Å². The molecule has 1 aromatic heterocycles. The van der Waals surface area contributed by atoms with Gasteiger partial charge in [0.1, 0.15) is 5.56 Å². The number of hydrogen-bond donors (Lipinski definition) is 1. The van der Waals surface area contributed by atoms with E-state index in [-0.39, 0.29) is 0 Å². The summed E-state index contributed by atoms with van der Waals surface area (Å²) in [5.41, 5.74) is 3.20. The minimum absolute atomic E-state index is 0.588. The fourth-order valence-electron chi connectivity index (χ4n) is 0.839. The van der Waals surface area contributed by atoms with E-state index < -0.39 is 34.4 Å². The lowest BCUT2D eigenvalue weighted by molar-refractivity contribution is -0.389. The van der Waals surface area contributed by atoms with Gasteiger partial charge in [0.2, 0.25) is 0 Å². The van der Waals surface area contributed by atoms with Gasteiger partial charge >= 0.3 is 11.8 Å². The highest BCUT2D eigenvalue weighted by molar-refractivity contribution is 5.51. The van der Waals surface area contributed by atoms with Crippen LogP contribution in [0.3, 0.4) is 0 Å². The van der Waals surface area contributed by atoms with Crippen LogP contribution in [0.1, 0.15) is 12.0 Å². The Morgan fingerprint density at radius 2 is 2.14 bits per heavy atom. The van der Waals surface area contributed by atoms with Gasteiger partial charge in [0.05, 0.1) is 11.8 Å². The monoisotopic (exact) mass is 207 g/mol. The van der Waals surface area contributed by atoms with Crippen molar-refractivity contribution < 1.29 is 18.1 Å². The lowest BCUT2D eigenvalue weighted by Crippen LogP contribution is -2.04. The second kappa shape index (κ2) is 3.48. The van der Waals surface area contributed by atoms with Crippen molar-refractivity contribution >= 4 is 11.5 Å². The van der Waals surface area contributed by atoms with Crippen LogP contribution in [0.2, 0.25) is 0 Å².